The van der Waals surface area contributed by atoms with E-state index in [1.165, 1.54) is 0 Å². The van der Waals surface area contributed by atoms with Gasteiger partial charge in [0.2, 0.25) is 5.88 Å². The number of hydrogen-bond donors (Lipinski definition) is 2. The lowest BCUT2D eigenvalue weighted by atomic mass is 10.2. The van der Waals surface area contributed by atoms with Crippen LogP contribution in [0, 0.1) is 13.8 Å². The molecular formula is C23H22N6O3. The maximum atomic E-state index is 12.3. The first-order valence-corrected chi connectivity index (χ1v) is 9.85. The first-order chi connectivity index (χ1) is 15.5. The molecule has 32 heavy (non-hydrogen) atoms. The highest BCUT2D eigenvalue weighted by molar-refractivity contribution is 6.00. The Labute approximate surface area is 185 Å². The lowest BCUT2D eigenvalue weighted by molar-refractivity contribution is 0.262. The SMILES string of the molecule is COc1ccc(NC(=O)Nc2ccc(Oc3cc(-n4ccnc4)nc(C)n3)cc2)c(C)c1. The normalized spacial score (nSPS) is 10.5. The second-order valence-electron chi connectivity index (χ2n) is 6.97. The van der Waals surface area contributed by atoms with Crippen molar-refractivity contribution in [1.29, 1.82) is 0 Å². The lowest BCUT2D eigenvalue weighted by Crippen LogP contribution is -2.19. The molecule has 0 aliphatic heterocycles. The summed E-state index contributed by atoms with van der Waals surface area (Å²) in [6.07, 6.45) is 5.13. The van der Waals surface area contributed by atoms with Crippen molar-refractivity contribution < 1.29 is 14.3 Å². The molecule has 0 bridgehead atoms. The van der Waals surface area contributed by atoms with Gasteiger partial charge in [-0.1, -0.05) is 0 Å². The molecule has 0 saturated carbocycles. The summed E-state index contributed by atoms with van der Waals surface area (Å²) < 4.78 is 12.8. The number of rotatable bonds is 6. The van der Waals surface area contributed by atoms with E-state index in [0.717, 1.165) is 11.3 Å². The van der Waals surface area contributed by atoms with Gasteiger partial charge < -0.3 is 20.1 Å². The highest BCUT2D eigenvalue weighted by Gasteiger charge is 2.08. The summed E-state index contributed by atoms with van der Waals surface area (Å²) in [6.45, 7) is 3.70. The average Bonchev–Trinajstić information content (AvgIpc) is 3.31. The van der Waals surface area contributed by atoms with Gasteiger partial charge in [-0.05, 0) is 61.9 Å². The second-order valence-corrected chi connectivity index (χ2v) is 6.97. The highest BCUT2D eigenvalue weighted by atomic mass is 16.5. The fourth-order valence-corrected chi connectivity index (χ4v) is 3.02. The van der Waals surface area contributed by atoms with Gasteiger partial charge in [0.25, 0.3) is 0 Å². The Morgan fingerprint density at radius 1 is 0.969 bits per heavy atom. The number of carbonyl (C=O) groups excluding carboxylic acids is 1. The molecule has 162 valence electrons. The number of anilines is 2. The Kier molecular flexibility index (Phi) is 5.98. The first kappa shape index (κ1) is 20.9. The van der Waals surface area contributed by atoms with E-state index in [0.29, 0.717) is 34.6 Å². The molecule has 9 nitrogen and oxygen atoms in total. The number of nitrogens with zero attached hydrogens (tertiary/aromatic N) is 4. The molecule has 0 unspecified atom stereocenters. The molecule has 0 aliphatic rings. The quantitative estimate of drug-likeness (QED) is 0.459. The van der Waals surface area contributed by atoms with Crippen LogP contribution < -0.4 is 20.1 Å². The zero-order valence-corrected chi connectivity index (χ0v) is 17.9. The third-order valence-corrected chi connectivity index (χ3v) is 4.59. The topological polar surface area (TPSA) is 103 Å². The van der Waals surface area contributed by atoms with Crippen molar-refractivity contribution in [2.75, 3.05) is 17.7 Å². The zero-order valence-electron chi connectivity index (χ0n) is 17.9. The molecule has 0 radical (unpaired) electrons. The predicted octanol–water partition coefficient (Wildman–Crippen LogP) is 4.72. The molecule has 0 atom stereocenters. The summed E-state index contributed by atoms with van der Waals surface area (Å²) in [7, 11) is 1.60. The second kappa shape index (κ2) is 9.17. The van der Waals surface area contributed by atoms with Crippen LogP contribution in [0.15, 0.2) is 67.3 Å². The van der Waals surface area contributed by atoms with Crippen molar-refractivity contribution in [1.82, 2.24) is 19.5 Å². The minimum atomic E-state index is -0.344. The van der Waals surface area contributed by atoms with Gasteiger partial charge in [-0.3, -0.25) is 4.57 Å². The number of methoxy groups -OCH3 is 1. The van der Waals surface area contributed by atoms with Crippen LogP contribution in [-0.2, 0) is 0 Å². The van der Waals surface area contributed by atoms with E-state index in [1.807, 2.05) is 13.0 Å². The number of hydrogen-bond acceptors (Lipinski definition) is 6. The maximum absolute atomic E-state index is 12.3. The van der Waals surface area contributed by atoms with Gasteiger partial charge in [0.15, 0.2) is 0 Å². The summed E-state index contributed by atoms with van der Waals surface area (Å²) in [5.41, 5.74) is 2.23. The van der Waals surface area contributed by atoms with Crippen LogP contribution in [0.2, 0.25) is 0 Å². The number of aromatic nitrogens is 4. The van der Waals surface area contributed by atoms with Crippen molar-refractivity contribution in [2.24, 2.45) is 0 Å². The van der Waals surface area contributed by atoms with Crippen LogP contribution in [0.1, 0.15) is 11.4 Å². The van der Waals surface area contributed by atoms with Crippen LogP contribution in [0.25, 0.3) is 5.82 Å². The van der Waals surface area contributed by atoms with Crippen molar-refractivity contribution in [2.45, 2.75) is 13.8 Å². The maximum Gasteiger partial charge on any atom is 0.323 e. The number of imidazole rings is 1. The van der Waals surface area contributed by atoms with Crippen molar-refractivity contribution in [3.63, 3.8) is 0 Å². The Bertz CT molecular complexity index is 1220. The van der Waals surface area contributed by atoms with Gasteiger partial charge in [0.05, 0.1) is 7.11 Å². The minimum Gasteiger partial charge on any atom is -0.497 e. The zero-order chi connectivity index (χ0) is 22.5. The molecule has 0 aliphatic carbocycles. The van der Waals surface area contributed by atoms with Gasteiger partial charge in [0, 0.05) is 29.8 Å². The summed E-state index contributed by atoms with van der Waals surface area (Å²) in [5, 5.41) is 5.63. The van der Waals surface area contributed by atoms with E-state index in [2.05, 4.69) is 25.6 Å². The molecule has 2 amide bonds. The van der Waals surface area contributed by atoms with Gasteiger partial charge >= 0.3 is 6.03 Å². The smallest absolute Gasteiger partial charge is 0.323 e. The third kappa shape index (κ3) is 5.01. The van der Waals surface area contributed by atoms with Crippen molar-refractivity contribution in [3.05, 3.63) is 78.6 Å². The molecule has 0 fully saturated rings. The molecule has 4 aromatic rings. The Morgan fingerprint density at radius 2 is 1.75 bits per heavy atom. The fraction of sp³-hybridized carbons (Fsp3) is 0.130. The highest BCUT2D eigenvalue weighted by Crippen LogP contribution is 2.24. The summed E-state index contributed by atoms with van der Waals surface area (Å²) in [4.78, 5) is 25.1. The van der Waals surface area contributed by atoms with Gasteiger partial charge in [-0.2, -0.15) is 4.98 Å². The van der Waals surface area contributed by atoms with E-state index in [4.69, 9.17) is 9.47 Å². The van der Waals surface area contributed by atoms with Crippen LogP contribution in [0.5, 0.6) is 17.4 Å². The largest absolute Gasteiger partial charge is 0.497 e. The van der Waals surface area contributed by atoms with Gasteiger partial charge in [0.1, 0.15) is 29.5 Å². The Hall–Kier alpha value is -4.40. The standard InChI is InChI=1S/C23H22N6O3/c1-15-12-19(31-3)8-9-20(15)28-23(30)27-17-4-6-18(7-5-17)32-22-13-21(25-16(2)26-22)29-11-10-24-14-29/h4-14H,1-3H3,(H2,27,28,30). The van der Waals surface area contributed by atoms with E-state index in [-0.39, 0.29) is 6.03 Å². The summed E-state index contributed by atoms with van der Waals surface area (Å²) >= 11 is 0. The summed E-state index contributed by atoms with van der Waals surface area (Å²) in [6, 6.07) is 13.8. The first-order valence-electron chi connectivity index (χ1n) is 9.85. The number of benzene rings is 2. The van der Waals surface area contributed by atoms with Crippen LogP contribution in [-0.4, -0.2) is 32.7 Å². The number of urea groups is 1. The number of amides is 2. The van der Waals surface area contributed by atoms with Gasteiger partial charge in [-0.15, -0.1) is 0 Å². The molecule has 2 N–H and O–H groups in total. The number of aryl methyl sites for hydroxylation is 2. The van der Waals surface area contributed by atoms with E-state index < -0.39 is 0 Å². The third-order valence-electron chi connectivity index (χ3n) is 4.59. The van der Waals surface area contributed by atoms with E-state index in [1.54, 1.807) is 79.8 Å². The van der Waals surface area contributed by atoms with Crippen LogP contribution in [0.3, 0.4) is 0 Å². The molecule has 2 heterocycles. The average molecular weight is 430 g/mol. The lowest BCUT2D eigenvalue weighted by Gasteiger charge is -2.12. The molecule has 0 saturated heterocycles. The predicted molar refractivity (Wildman–Crippen MR) is 121 cm³/mol. The molecule has 0 spiro atoms. The molecule has 2 aromatic heterocycles. The molecule has 9 heteroatoms. The minimum absolute atomic E-state index is 0.344. The number of ether oxygens (including phenoxy) is 2. The molecule has 4 rings (SSSR count). The number of nitrogens with one attached hydrogen (secondary N) is 2. The van der Waals surface area contributed by atoms with Crippen molar-refractivity contribution in [3.8, 4) is 23.2 Å². The fourth-order valence-electron chi connectivity index (χ4n) is 3.02. The van der Waals surface area contributed by atoms with E-state index >= 15 is 0 Å². The Balaban J connectivity index is 1.40. The molecular weight excluding hydrogens is 408 g/mol. The number of carbonyl (C=O) groups is 1. The van der Waals surface area contributed by atoms with Gasteiger partial charge in [-0.25, -0.2) is 14.8 Å². The Morgan fingerprint density at radius 3 is 2.44 bits per heavy atom. The summed E-state index contributed by atoms with van der Waals surface area (Å²) in [5.74, 6) is 2.97. The van der Waals surface area contributed by atoms with E-state index in [9.17, 15) is 4.79 Å². The monoisotopic (exact) mass is 430 g/mol. The molecule has 2 aromatic carbocycles. The van der Waals surface area contributed by atoms with Crippen LogP contribution in [0.4, 0.5) is 16.2 Å². The van der Waals surface area contributed by atoms with Crippen LogP contribution >= 0.6 is 0 Å². The van der Waals surface area contributed by atoms with Crippen molar-refractivity contribution >= 4 is 17.4 Å².